The number of nitrogens with two attached hydrogens (primary N) is 1. The molecule has 4 amide bonds. The molecule has 12 nitrogen and oxygen atoms in total. The Kier molecular flexibility index (Phi) is 9.49. The SMILES string of the molecule is C[C@H](N)C(=O)N[C@@H](C)C(=O)N1CCC[C@H]1C(=O)N[C@@H](Cc1ccccc1)C(=O)Nc1ccc([N+](=O)[O-])cc1. The Morgan fingerprint density at radius 3 is 2.29 bits per heavy atom. The summed E-state index contributed by atoms with van der Waals surface area (Å²) in [5.41, 5.74) is 6.60. The summed E-state index contributed by atoms with van der Waals surface area (Å²) >= 11 is 0. The Morgan fingerprint density at radius 1 is 1.03 bits per heavy atom. The molecule has 202 valence electrons. The number of nitrogens with zero attached hydrogens (tertiary/aromatic N) is 2. The molecule has 2 aromatic rings. The highest BCUT2D eigenvalue weighted by molar-refractivity contribution is 5.99. The lowest BCUT2D eigenvalue weighted by Gasteiger charge is -2.29. The van der Waals surface area contributed by atoms with Gasteiger partial charge in [-0.2, -0.15) is 0 Å². The molecule has 1 aliphatic heterocycles. The monoisotopic (exact) mass is 524 g/mol. The number of hydrogen-bond donors (Lipinski definition) is 4. The molecule has 0 bridgehead atoms. The van der Waals surface area contributed by atoms with E-state index >= 15 is 0 Å². The van der Waals surface area contributed by atoms with Gasteiger partial charge in [0, 0.05) is 30.8 Å². The Labute approximate surface area is 220 Å². The van der Waals surface area contributed by atoms with Gasteiger partial charge in [-0.3, -0.25) is 29.3 Å². The fourth-order valence-corrected chi connectivity index (χ4v) is 4.18. The third-order valence-electron chi connectivity index (χ3n) is 6.24. The van der Waals surface area contributed by atoms with Gasteiger partial charge < -0.3 is 26.6 Å². The second-order valence-corrected chi connectivity index (χ2v) is 9.25. The fourth-order valence-electron chi connectivity index (χ4n) is 4.18. The van der Waals surface area contributed by atoms with Crippen LogP contribution < -0.4 is 21.7 Å². The highest BCUT2D eigenvalue weighted by Crippen LogP contribution is 2.20. The van der Waals surface area contributed by atoms with E-state index in [1.165, 1.54) is 43.0 Å². The number of nitro groups is 1. The molecule has 1 aliphatic rings. The summed E-state index contributed by atoms with van der Waals surface area (Å²) in [6.07, 6.45) is 1.19. The van der Waals surface area contributed by atoms with Crippen molar-refractivity contribution in [3.8, 4) is 0 Å². The quantitative estimate of drug-likeness (QED) is 0.266. The van der Waals surface area contributed by atoms with E-state index < -0.39 is 52.7 Å². The maximum absolute atomic E-state index is 13.3. The summed E-state index contributed by atoms with van der Waals surface area (Å²) in [5, 5.41) is 18.9. The molecule has 0 spiro atoms. The lowest BCUT2D eigenvalue weighted by atomic mass is 10.0. The molecule has 0 unspecified atom stereocenters. The fraction of sp³-hybridized carbons (Fsp3) is 0.385. The van der Waals surface area contributed by atoms with Crippen LogP contribution in [0.15, 0.2) is 54.6 Å². The van der Waals surface area contributed by atoms with Crippen molar-refractivity contribution in [3.05, 3.63) is 70.3 Å². The number of carbonyl (C=O) groups is 4. The molecule has 0 aliphatic carbocycles. The third-order valence-corrected chi connectivity index (χ3v) is 6.24. The van der Waals surface area contributed by atoms with Gasteiger partial charge in [0.1, 0.15) is 18.1 Å². The van der Waals surface area contributed by atoms with Crippen LogP contribution in [-0.4, -0.2) is 64.2 Å². The second kappa shape index (κ2) is 12.8. The van der Waals surface area contributed by atoms with Gasteiger partial charge in [-0.25, -0.2) is 0 Å². The van der Waals surface area contributed by atoms with Crippen LogP contribution in [0.1, 0.15) is 32.3 Å². The van der Waals surface area contributed by atoms with Crippen LogP contribution in [0, 0.1) is 10.1 Å². The molecule has 38 heavy (non-hydrogen) atoms. The van der Waals surface area contributed by atoms with E-state index in [4.69, 9.17) is 5.73 Å². The van der Waals surface area contributed by atoms with E-state index in [1.54, 1.807) is 0 Å². The maximum Gasteiger partial charge on any atom is 0.269 e. The first-order valence-corrected chi connectivity index (χ1v) is 12.3. The van der Waals surface area contributed by atoms with Gasteiger partial charge in [0.2, 0.25) is 23.6 Å². The average molecular weight is 525 g/mol. The van der Waals surface area contributed by atoms with Crippen molar-refractivity contribution in [3.63, 3.8) is 0 Å². The Bertz CT molecular complexity index is 1170. The van der Waals surface area contributed by atoms with Crippen LogP contribution in [0.3, 0.4) is 0 Å². The van der Waals surface area contributed by atoms with Crippen LogP contribution in [0.2, 0.25) is 0 Å². The predicted molar refractivity (Wildman–Crippen MR) is 140 cm³/mol. The average Bonchev–Trinajstić information content (AvgIpc) is 3.38. The predicted octanol–water partition coefficient (Wildman–Crippen LogP) is 1.10. The molecule has 5 N–H and O–H groups in total. The third kappa shape index (κ3) is 7.35. The topological polar surface area (TPSA) is 177 Å². The van der Waals surface area contributed by atoms with E-state index in [0.29, 0.717) is 25.1 Å². The number of rotatable bonds is 10. The summed E-state index contributed by atoms with van der Waals surface area (Å²) in [6, 6.07) is 11.1. The minimum atomic E-state index is -0.979. The lowest BCUT2D eigenvalue weighted by molar-refractivity contribution is -0.384. The molecule has 0 radical (unpaired) electrons. The van der Waals surface area contributed by atoms with E-state index in [0.717, 1.165) is 5.56 Å². The molecule has 12 heteroatoms. The van der Waals surface area contributed by atoms with Crippen molar-refractivity contribution in [2.45, 2.75) is 57.3 Å². The molecular formula is C26H32N6O6. The summed E-state index contributed by atoms with van der Waals surface area (Å²) in [4.78, 5) is 63.2. The van der Waals surface area contributed by atoms with Crippen LogP contribution in [0.25, 0.3) is 0 Å². The lowest BCUT2D eigenvalue weighted by Crippen LogP contribution is -2.56. The van der Waals surface area contributed by atoms with Crippen molar-refractivity contribution >= 4 is 35.0 Å². The van der Waals surface area contributed by atoms with Crippen LogP contribution in [-0.2, 0) is 25.6 Å². The first kappa shape index (κ1) is 28.3. The zero-order chi connectivity index (χ0) is 27.8. The minimum Gasteiger partial charge on any atom is -0.343 e. The highest BCUT2D eigenvalue weighted by Gasteiger charge is 2.38. The number of non-ortho nitro benzene ring substituents is 1. The number of amides is 4. The van der Waals surface area contributed by atoms with Crippen molar-refractivity contribution < 1.29 is 24.1 Å². The molecule has 1 fully saturated rings. The van der Waals surface area contributed by atoms with Crippen LogP contribution >= 0.6 is 0 Å². The number of likely N-dealkylation sites (tertiary alicyclic amines) is 1. The largest absolute Gasteiger partial charge is 0.343 e. The highest BCUT2D eigenvalue weighted by atomic mass is 16.6. The van der Waals surface area contributed by atoms with Crippen molar-refractivity contribution in [2.75, 3.05) is 11.9 Å². The van der Waals surface area contributed by atoms with Gasteiger partial charge in [-0.1, -0.05) is 30.3 Å². The smallest absolute Gasteiger partial charge is 0.269 e. The number of carbonyl (C=O) groups excluding carboxylic acids is 4. The van der Waals surface area contributed by atoms with Crippen molar-refractivity contribution in [1.82, 2.24) is 15.5 Å². The van der Waals surface area contributed by atoms with Crippen molar-refractivity contribution in [2.24, 2.45) is 5.73 Å². The molecule has 2 aromatic carbocycles. The maximum atomic E-state index is 13.3. The zero-order valence-corrected chi connectivity index (χ0v) is 21.3. The summed E-state index contributed by atoms with van der Waals surface area (Å²) < 4.78 is 0. The van der Waals surface area contributed by atoms with Crippen molar-refractivity contribution in [1.29, 1.82) is 0 Å². The molecule has 1 heterocycles. The first-order chi connectivity index (χ1) is 18.1. The number of benzene rings is 2. The number of hydrogen-bond acceptors (Lipinski definition) is 7. The summed E-state index contributed by atoms with van der Waals surface area (Å²) in [7, 11) is 0. The van der Waals surface area contributed by atoms with Gasteiger partial charge in [0.05, 0.1) is 11.0 Å². The van der Waals surface area contributed by atoms with Gasteiger partial charge in [-0.15, -0.1) is 0 Å². The molecular weight excluding hydrogens is 492 g/mol. The first-order valence-electron chi connectivity index (χ1n) is 12.3. The van der Waals surface area contributed by atoms with E-state index in [9.17, 15) is 29.3 Å². The Morgan fingerprint density at radius 2 is 1.68 bits per heavy atom. The van der Waals surface area contributed by atoms with E-state index in [1.807, 2.05) is 30.3 Å². The molecule has 4 atom stereocenters. The van der Waals surface area contributed by atoms with Gasteiger partial charge in [0.15, 0.2) is 0 Å². The standard InChI is InChI=1S/C26H32N6O6/c1-16(27)23(33)28-17(2)26(36)31-14-6-9-22(31)25(35)30-21(15-18-7-4-3-5-8-18)24(34)29-19-10-12-20(13-11-19)32(37)38/h3-5,7-8,10-13,16-17,21-22H,6,9,14-15,27H2,1-2H3,(H,28,33)(H,29,34)(H,30,35)/t16-,17-,21-,22-/m0/s1. The van der Waals surface area contributed by atoms with Crippen LogP contribution in [0.4, 0.5) is 11.4 Å². The normalized spacial score (nSPS) is 17.1. The molecule has 0 aromatic heterocycles. The van der Waals surface area contributed by atoms with Gasteiger partial charge in [0.25, 0.3) is 5.69 Å². The summed E-state index contributed by atoms with van der Waals surface area (Å²) in [5.74, 6) is -1.88. The summed E-state index contributed by atoms with van der Waals surface area (Å²) in [6.45, 7) is 3.38. The molecule has 0 saturated carbocycles. The van der Waals surface area contributed by atoms with Crippen LogP contribution in [0.5, 0.6) is 0 Å². The number of nitro benzene ring substituents is 1. The molecule has 3 rings (SSSR count). The Hall–Kier alpha value is -4.32. The van der Waals surface area contributed by atoms with Gasteiger partial charge in [-0.05, 0) is 44.4 Å². The Balaban J connectivity index is 1.73. The van der Waals surface area contributed by atoms with E-state index in [-0.39, 0.29) is 12.1 Å². The van der Waals surface area contributed by atoms with Gasteiger partial charge >= 0.3 is 0 Å². The molecule has 1 saturated heterocycles. The number of anilines is 1. The zero-order valence-electron chi connectivity index (χ0n) is 21.3. The second-order valence-electron chi connectivity index (χ2n) is 9.25. The van der Waals surface area contributed by atoms with E-state index in [2.05, 4.69) is 16.0 Å². The number of nitrogens with one attached hydrogen (secondary N) is 3. The minimum absolute atomic E-state index is 0.116.